The molecule has 32 heavy (non-hydrogen) atoms. The van der Waals surface area contributed by atoms with Gasteiger partial charge in [-0.2, -0.15) is 5.10 Å². The fourth-order valence-electron chi connectivity index (χ4n) is 3.83. The summed E-state index contributed by atoms with van der Waals surface area (Å²) in [6, 6.07) is 8.25. The van der Waals surface area contributed by atoms with Crippen molar-refractivity contribution in [1.82, 2.24) is 10.3 Å². The second-order valence-corrected chi connectivity index (χ2v) is 8.17. The molecule has 1 aliphatic carbocycles. The Hall–Kier alpha value is -2.74. The second kappa shape index (κ2) is 13.6. The van der Waals surface area contributed by atoms with Crippen molar-refractivity contribution in [2.75, 3.05) is 13.2 Å². The van der Waals surface area contributed by atoms with Gasteiger partial charge in [-0.1, -0.05) is 49.6 Å². The van der Waals surface area contributed by atoms with Gasteiger partial charge in [-0.05, 0) is 51.0 Å². The van der Waals surface area contributed by atoms with Gasteiger partial charge < -0.3 is 9.84 Å². The molecule has 2 atom stereocenters. The molecule has 1 amide bonds. The quantitative estimate of drug-likeness (QED) is 0.291. The zero-order valence-corrected chi connectivity index (χ0v) is 19.0. The van der Waals surface area contributed by atoms with E-state index in [1.165, 1.54) is 6.42 Å². The van der Waals surface area contributed by atoms with Crippen LogP contribution in [0.3, 0.4) is 0 Å². The molecule has 1 saturated carbocycles. The molecule has 0 spiro atoms. The van der Waals surface area contributed by atoms with Crippen molar-refractivity contribution in [3.05, 3.63) is 35.9 Å². The molecule has 1 fully saturated rings. The van der Waals surface area contributed by atoms with Gasteiger partial charge in [-0.3, -0.25) is 19.7 Å². The van der Waals surface area contributed by atoms with Gasteiger partial charge in [0, 0.05) is 6.21 Å². The highest BCUT2D eigenvalue weighted by molar-refractivity contribution is 5.86. The van der Waals surface area contributed by atoms with Crippen LogP contribution in [0.4, 0.5) is 0 Å². The summed E-state index contributed by atoms with van der Waals surface area (Å²) in [5.74, 6) is -1.81. The van der Waals surface area contributed by atoms with Gasteiger partial charge >= 0.3 is 11.9 Å². The summed E-state index contributed by atoms with van der Waals surface area (Å²) in [7, 11) is 0. The Labute approximate surface area is 190 Å². The first-order valence-electron chi connectivity index (χ1n) is 11.4. The normalized spacial score (nSPS) is 16.4. The molecule has 0 radical (unpaired) electrons. The minimum Gasteiger partial charge on any atom is -0.480 e. The summed E-state index contributed by atoms with van der Waals surface area (Å²) >= 11 is 0. The summed E-state index contributed by atoms with van der Waals surface area (Å²) in [4.78, 5) is 36.7. The molecule has 1 aromatic rings. The van der Waals surface area contributed by atoms with Crippen LogP contribution in [0.5, 0.6) is 0 Å². The number of carboxylic acids is 1. The fourth-order valence-corrected chi connectivity index (χ4v) is 3.83. The molecule has 176 valence electrons. The molecule has 8 heteroatoms. The first-order chi connectivity index (χ1) is 15.4. The first-order valence-corrected chi connectivity index (χ1v) is 11.4. The monoisotopic (exact) mass is 445 g/mol. The summed E-state index contributed by atoms with van der Waals surface area (Å²) in [6.07, 6.45) is 8.20. The van der Waals surface area contributed by atoms with Crippen LogP contribution in [-0.2, 0) is 25.5 Å². The number of nitrogens with zero attached hydrogens (tertiary/aromatic N) is 2. The summed E-state index contributed by atoms with van der Waals surface area (Å²) in [5.41, 5.74) is 1.08. The Morgan fingerprint density at radius 3 is 2.53 bits per heavy atom. The molecule has 0 saturated heterocycles. The number of hydrogen-bond donors (Lipinski definition) is 2. The molecule has 0 aromatic heterocycles. The van der Waals surface area contributed by atoms with Crippen molar-refractivity contribution in [2.45, 2.75) is 70.9 Å². The molecule has 8 nitrogen and oxygen atoms in total. The number of hydrogen-bond acceptors (Lipinski definition) is 6. The van der Waals surface area contributed by atoms with Crippen LogP contribution in [0, 0.1) is 5.92 Å². The van der Waals surface area contributed by atoms with Gasteiger partial charge in [0.05, 0.1) is 12.6 Å². The number of rotatable bonds is 12. The lowest BCUT2D eigenvalue weighted by atomic mass is 9.90. The van der Waals surface area contributed by atoms with Crippen LogP contribution in [0.2, 0.25) is 0 Å². The molecule has 0 heterocycles. The van der Waals surface area contributed by atoms with E-state index in [9.17, 15) is 19.5 Å². The summed E-state index contributed by atoms with van der Waals surface area (Å²) in [6.45, 7) is 3.06. The topological polar surface area (TPSA) is 108 Å². The predicted octanol–water partition coefficient (Wildman–Crippen LogP) is 3.01. The zero-order valence-electron chi connectivity index (χ0n) is 19.0. The number of hydrazone groups is 1. The first kappa shape index (κ1) is 25.5. The number of aryl methyl sites for hydroxylation is 1. The van der Waals surface area contributed by atoms with Gasteiger partial charge in [0.2, 0.25) is 0 Å². The third kappa shape index (κ3) is 8.78. The minimum absolute atomic E-state index is 0.238. The number of carbonyl (C=O) groups is 3. The number of carboxylic acid groups (broad SMARTS) is 1. The maximum Gasteiger partial charge on any atom is 0.325 e. The highest BCUT2D eigenvalue weighted by Crippen LogP contribution is 2.22. The molecule has 0 bridgehead atoms. The molecule has 2 rings (SSSR count). The van der Waals surface area contributed by atoms with E-state index < -0.39 is 36.5 Å². The molecular weight excluding hydrogens is 410 g/mol. The average molecular weight is 446 g/mol. The molecule has 1 unspecified atom stereocenters. The summed E-state index contributed by atoms with van der Waals surface area (Å²) in [5, 5.41) is 17.5. The lowest BCUT2D eigenvalue weighted by molar-refractivity contribution is -0.148. The van der Waals surface area contributed by atoms with Crippen molar-refractivity contribution in [3.8, 4) is 0 Å². The Balaban J connectivity index is 2.04. The van der Waals surface area contributed by atoms with Gasteiger partial charge in [-0.15, -0.1) is 0 Å². The largest absolute Gasteiger partial charge is 0.480 e. The molecular formula is C24H35N3O5. The number of carbonyl (C=O) groups excluding carboxylic acids is 2. The van der Waals surface area contributed by atoms with E-state index in [0.29, 0.717) is 12.8 Å². The predicted molar refractivity (Wildman–Crippen MR) is 122 cm³/mol. The van der Waals surface area contributed by atoms with E-state index in [0.717, 1.165) is 36.3 Å². The Kier molecular flexibility index (Phi) is 10.9. The van der Waals surface area contributed by atoms with Gasteiger partial charge in [0.1, 0.15) is 12.6 Å². The van der Waals surface area contributed by atoms with Crippen molar-refractivity contribution in [3.63, 3.8) is 0 Å². The van der Waals surface area contributed by atoms with E-state index in [-0.39, 0.29) is 12.5 Å². The van der Waals surface area contributed by atoms with Gasteiger partial charge in [0.15, 0.2) is 0 Å². The maximum absolute atomic E-state index is 13.0. The van der Waals surface area contributed by atoms with Gasteiger partial charge in [0.25, 0.3) is 5.91 Å². The third-order valence-corrected chi connectivity index (χ3v) is 5.56. The van der Waals surface area contributed by atoms with Crippen molar-refractivity contribution in [1.29, 1.82) is 0 Å². The van der Waals surface area contributed by atoms with E-state index in [1.54, 1.807) is 20.1 Å². The SMILES string of the molecule is CCOC(=O)C(CCc1ccccc1)N[C@@H](C)C(=O)N(CC(=O)O)/N=C/C1CCCCC1. The van der Waals surface area contributed by atoms with Crippen LogP contribution in [0.15, 0.2) is 35.4 Å². The molecule has 1 aliphatic rings. The van der Waals surface area contributed by atoms with E-state index in [4.69, 9.17) is 4.74 Å². The smallest absolute Gasteiger partial charge is 0.325 e. The highest BCUT2D eigenvalue weighted by Gasteiger charge is 2.28. The van der Waals surface area contributed by atoms with Crippen LogP contribution in [-0.4, -0.2) is 59.4 Å². The zero-order chi connectivity index (χ0) is 23.3. The van der Waals surface area contributed by atoms with Crippen LogP contribution in [0.1, 0.15) is 57.9 Å². The standard InChI is InChI=1S/C24H35N3O5/c1-3-32-24(31)21(15-14-19-10-6-4-7-11-19)26-18(2)23(30)27(17-22(28)29)25-16-20-12-8-5-9-13-20/h4,6-7,10-11,16,18,20-21,26H,3,5,8-9,12-15,17H2,1-2H3,(H,28,29)/b25-16+/t18-,21?/m0/s1. The van der Waals surface area contributed by atoms with Crippen LogP contribution < -0.4 is 5.32 Å². The number of aliphatic carboxylic acids is 1. The number of benzene rings is 1. The third-order valence-electron chi connectivity index (χ3n) is 5.56. The van der Waals surface area contributed by atoms with Crippen molar-refractivity contribution >= 4 is 24.1 Å². The number of ether oxygens (including phenoxy) is 1. The average Bonchev–Trinajstić information content (AvgIpc) is 2.80. The lowest BCUT2D eigenvalue weighted by Gasteiger charge is -2.25. The number of esters is 1. The Morgan fingerprint density at radius 2 is 1.91 bits per heavy atom. The van der Waals surface area contributed by atoms with E-state index in [2.05, 4.69) is 10.4 Å². The highest BCUT2D eigenvalue weighted by atomic mass is 16.5. The Morgan fingerprint density at radius 1 is 1.22 bits per heavy atom. The number of nitrogens with one attached hydrogen (secondary N) is 1. The maximum atomic E-state index is 13.0. The molecule has 0 aliphatic heterocycles. The van der Waals surface area contributed by atoms with E-state index >= 15 is 0 Å². The fraction of sp³-hybridized carbons (Fsp3) is 0.583. The van der Waals surface area contributed by atoms with Gasteiger partial charge in [-0.25, -0.2) is 5.01 Å². The minimum atomic E-state index is -1.14. The van der Waals surface area contributed by atoms with Crippen LogP contribution in [0.25, 0.3) is 0 Å². The van der Waals surface area contributed by atoms with E-state index in [1.807, 2.05) is 30.3 Å². The number of amides is 1. The second-order valence-electron chi connectivity index (χ2n) is 8.17. The Bertz CT molecular complexity index is 762. The summed E-state index contributed by atoms with van der Waals surface area (Å²) < 4.78 is 5.17. The molecule has 1 aromatic carbocycles. The van der Waals surface area contributed by atoms with Crippen molar-refractivity contribution in [2.24, 2.45) is 11.0 Å². The van der Waals surface area contributed by atoms with Crippen molar-refractivity contribution < 1.29 is 24.2 Å². The molecule has 2 N–H and O–H groups in total. The lowest BCUT2D eigenvalue weighted by Crippen LogP contribution is -2.51. The van der Waals surface area contributed by atoms with Crippen LogP contribution >= 0.6 is 0 Å².